The molecule has 0 amide bonds. The van der Waals surface area contributed by atoms with E-state index in [1.807, 2.05) is 40.9 Å². The van der Waals surface area contributed by atoms with Crippen molar-refractivity contribution in [1.29, 1.82) is 5.26 Å². The number of rotatable bonds is 11. The van der Waals surface area contributed by atoms with Crippen molar-refractivity contribution in [3.63, 3.8) is 0 Å². The maximum atomic E-state index is 10.1. The van der Waals surface area contributed by atoms with E-state index in [1.54, 1.807) is 0 Å². The van der Waals surface area contributed by atoms with Crippen LogP contribution in [0, 0.1) is 11.3 Å². The van der Waals surface area contributed by atoms with E-state index in [4.69, 9.17) is 0 Å². The first-order chi connectivity index (χ1) is 33.5. The van der Waals surface area contributed by atoms with Crippen molar-refractivity contribution in [2.45, 2.75) is 52.1 Å². The Balaban J connectivity index is 1.03. The van der Waals surface area contributed by atoms with Gasteiger partial charge in [0.25, 0.3) is 0 Å². The van der Waals surface area contributed by atoms with Crippen molar-refractivity contribution in [3.8, 4) is 6.07 Å². The van der Waals surface area contributed by atoms with Crippen LogP contribution in [0.4, 0.5) is 22.7 Å². The van der Waals surface area contributed by atoms with E-state index in [2.05, 4.69) is 251 Å². The van der Waals surface area contributed by atoms with Gasteiger partial charge in [-0.2, -0.15) is 5.26 Å². The van der Waals surface area contributed by atoms with Gasteiger partial charge in [0.15, 0.2) is 8.07 Å². The van der Waals surface area contributed by atoms with Gasteiger partial charge in [0, 0.05) is 62.8 Å². The molecular weight excluding hydrogens is 891 g/mol. The SMILES string of the molecule is CC(C)(C)N(c1ccc([Si](c2ccccc2)(c2ccccc2)c2ccc(CC(C)(C)N(c3cccc(C#N)c3)c3cccc4sc5ccccc5c34)cc2)cc1)c1cccc2sc3ccccc3c12. The number of thiophene rings is 2. The molecule has 9 aromatic carbocycles. The fraction of sp³-hybridized carbons (Fsp3) is 0.127. The minimum atomic E-state index is -2.88. The molecule has 0 saturated heterocycles. The maximum Gasteiger partial charge on any atom is 0.179 e. The second kappa shape index (κ2) is 17.7. The minimum absolute atomic E-state index is 0.200. The fourth-order valence-electron chi connectivity index (χ4n) is 11.0. The third kappa shape index (κ3) is 7.81. The highest BCUT2D eigenvalue weighted by atomic mass is 32.1. The first kappa shape index (κ1) is 44.2. The monoisotopic (exact) mass is 943 g/mol. The van der Waals surface area contributed by atoms with Gasteiger partial charge in [-0.1, -0.05) is 152 Å². The van der Waals surface area contributed by atoms with Gasteiger partial charge < -0.3 is 9.80 Å². The molecule has 0 aliphatic heterocycles. The van der Waals surface area contributed by atoms with E-state index in [0.717, 1.165) is 17.8 Å². The number of hydrogen-bond donors (Lipinski definition) is 0. The van der Waals surface area contributed by atoms with Gasteiger partial charge >= 0.3 is 0 Å². The van der Waals surface area contributed by atoms with Gasteiger partial charge in [-0.15, -0.1) is 22.7 Å². The highest BCUT2D eigenvalue weighted by Gasteiger charge is 2.42. The molecular formula is C63H53N3S2Si. The lowest BCUT2D eigenvalue weighted by atomic mass is 9.90. The summed E-state index contributed by atoms with van der Waals surface area (Å²) in [4.78, 5) is 5.00. The van der Waals surface area contributed by atoms with Gasteiger partial charge in [0.2, 0.25) is 0 Å². The third-order valence-electron chi connectivity index (χ3n) is 13.7. The van der Waals surface area contributed by atoms with Crippen LogP contribution in [0.15, 0.2) is 218 Å². The van der Waals surface area contributed by atoms with Crippen molar-refractivity contribution in [3.05, 3.63) is 230 Å². The zero-order valence-electron chi connectivity index (χ0n) is 39.6. The molecule has 0 bridgehead atoms. The smallest absolute Gasteiger partial charge is 0.179 e. The van der Waals surface area contributed by atoms with Crippen LogP contribution in [0.2, 0.25) is 0 Å². The Labute approximate surface area is 414 Å². The molecule has 0 aliphatic carbocycles. The van der Waals surface area contributed by atoms with E-state index >= 15 is 0 Å². The Morgan fingerprint density at radius 3 is 1.41 bits per heavy atom. The Morgan fingerprint density at radius 2 is 0.884 bits per heavy atom. The molecule has 0 radical (unpaired) electrons. The van der Waals surface area contributed by atoms with E-state index in [9.17, 15) is 5.26 Å². The Morgan fingerprint density at radius 1 is 0.435 bits per heavy atom. The summed E-state index contributed by atoms with van der Waals surface area (Å²) in [5.41, 5.74) is 5.87. The standard InChI is InChI=1S/C63H53N3S2Si/c1-62(2,3)65(54-27-17-31-58-60(54)52-25-12-14-29-56(52)67-58)46-35-39-51(40-36-46)69(48-21-8-6-9-22-48,49-23-10-7-11-24-49)50-37-33-44(34-38-50)42-63(4,5)66(47-20-16-19-45(41-47)43-64)55-28-18-32-59-61(55)53-26-13-15-30-57(53)68-59/h6-41H,42H2,1-5H3. The lowest BCUT2D eigenvalue weighted by molar-refractivity contribution is 0.503. The second-order valence-electron chi connectivity index (χ2n) is 19.7. The molecule has 0 saturated carbocycles. The van der Waals surface area contributed by atoms with Crippen molar-refractivity contribution in [2.24, 2.45) is 0 Å². The summed E-state index contributed by atoms with van der Waals surface area (Å²) in [5.74, 6) is 0. The molecule has 0 spiro atoms. The van der Waals surface area contributed by atoms with Crippen LogP contribution in [0.3, 0.4) is 0 Å². The first-order valence-electron chi connectivity index (χ1n) is 23.8. The number of anilines is 4. The number of nitriles is 1. The molecule has 11 rings (SSSR count). The summed E-state index contributed by atoms with van der Waals surface area (Å²) in [6.07, 6.45) is 0.775. The van der Waals surface area contributed by atoms with Crippen LogP contribution >= 0.6 is 22.7 Å². The zero-order valence-corrected chi connectivity index (χ0v) is 42.3. The van der Waals surface area contributed by atoms with E-state index in [0.29, 0.717) is 5.56 Å². The molecule has 0 atom stereocenters. The van der Waals surface area contributed by atoms with Gasteiger partial charge in [-0.05, 0) is 134 Å². The molecule has 2 heterocycles. The molecule has 6 heteroatoms. The van der Waals surface area contributed by atoms with Crippen LogP contribution in [-0.4, -0.2) is 19.2 Å². The quantitative estimate of drug-likeness (QED) is 0.0956. The lowest BCUT2D eigenvalue weighted by Crippen LogP contribution is -2.74. The topological polar surface area (TPSA) is 30.3 Å². The highest BCUT2D eigenvalue weighted by molar-refractivity contribution is 7.26. The van der Waals surface area contributed by atoms with Gasteiger partial charge in [0.1, 0.15) is 0 Å². The second-order valence-corrected chi connectivity index (χ2v) is 25.7. The van der Waals surface area contributed by atoms with Gasteiger partial charge in [-0.25, -0.2) is 0 Å². The normalized spacial score (nSPS) is 12.2. The lowest BCUT2D eigenvalue weighted by Gasteiger charge is -2.41. The van der Waals surface area contributed by atoms with E-state index in [1.165, 1.54) is 78.0 Å². The van der Waals surface area contributed by atoms with Crippen molar-refractivity contribution >= 4 is 115 Å². The number of fused-ring (bicyclic) bond motifs is 6. The number of hydrogen-bond acceptors (Lipinski definition) is 5. The fourth-order valence-corrected chi connectivity index (χ4v) is 18.0. The minimum Gasteiger partial charge on any atom is -0.336 e. The van der Waals surface area contributed by atoms with Crippen LogP contribution in [0.5, 0.6) is 0 Å². The summed E-state index contributed by atoms with van der Waals surface area (Å²) < 4.78 is 5.15. The molecule has 69 heavy (non-hydrogen) atoms. The molecule has 2 aromatic heterocycles. The molecule has 0 N–H and O–H groups in total. The molecule has 0 unspecified atom stereocenters. The summed E-state index contributed by atoms with van der Waals surface area (Å²) in [6, 6.07) is 83.0. The van der Waals surface area contributed by atoms with Crippen molar-refractivity contribution in [2.75, 3.05) is 9.80 Å². The number of nitrogens with zero attached hydrogens (tertiary/aromatic N) is 3. The zero-order chi connectivity index (χ0) is 47.3. The summed E-state index contributed by atoms with van der Waals surface area (Å²) >= 11 is 3.70. The van der Waals surface area contributed by atoms with E-state index in [-0.39, 0.29) is 5.54 Å². The Kier molecular flexibility index (Phi) is 11.3. The molecule has 336 valence electrons. The van der Waals surface area contributed by atoms with Crippen LogP contribution < -0.4 is 30.5 Å². The molecule has 11 aromatic rings. The van der Waals surface area contributed by atoms with Crippen LogP contribution in [0.25, 0.3) is 40.3 Å². The Bertz CT molecular complexity index is 3630. The Hall–Kier alpha value is -7.27. The predicted molar refractivity (Wildman–Crippen MR) is 302 cm³/mol. The van der Waals surface area contributed by atoms with Crippen LogP contribution in [-0.2, 0) is 6.42 Å². The average molecular weight is 944 g/mol. The van der Waals surface area contributed by atoms with Gasteiger partial charge in [-0.3, -0.25) is 0 Å². The molecule has 0 fully saturated rings. The average Bonchev–Trinajstić information content (AvgIpc) is 3.95. The molecule has 0 aliphatic rings. The maximum absolute atomic E-state index is 10.1. The van der Waals surface area contributed by atoms with Crippen molar-refractivity contribution in [1.82, 2.24) is 0 Å². The summed E-state index contributed by atoms with van der Waals surface area (Å²) in [7, 11) is -2.88. The largest absolute Gasteiger partial charge is 0.336 e. The van der Waals surface area contributed by atoms with Crippen LogP contribution in [0.1, 0.15) is 45.7 Å². The highest BCUT2D eigenvalue weighted by Crippen LogP contribution is 2.46. The van der Waals surface area contributed by atoms with E-state index < -0.39 is 13.6 Å². The number of benzene rings is 9. The molecule has 3 nitrogen and oxygen atoms in total. The van der Waals surface area contributed by atoms with Gasteiger partial charge in [0.05, 0.1) is 23.0 Å². The third-order valence-corrected chi connectivity index (χ3v) is 20.8. The predicted octanol–water partition coefficient (Wildman–Crippen LogP) is 14.8. The summed E-state index contributed by atoms with van der Waals surface area (Å²) in [6.45, 7) is 11.6. The summed E-state index contributed by atoms with van der Waals surface area (Å²) in [5, 5.41) is 20.6. The first-order valence-corrected chi connectivity index (χ1v) is 27.4. The van der Waals surface area contributed by atoms with Crippen molar-refractivity contribution < 1.29 is 0 Å².